The van der Waals surface area contributed by atoms with E-state index in [0.29, 0.717) is 5.69 Å². The van der Waals surface area contributed by atoms with E-state index in [4.69, 9.17) is 17.3 Å². The van der Waals surface area contributed by atoms with Gasteiger partial charge in [-0.05, 0) is 36.5 Å². The second-order valence-corrected chi connectivity index (χ2v) is 3.50. The number of hydrogen-bond acceptors (Lipinski definition) is 3. The highest BCUT2D eigenvalue weighted by Gasteiger charge is 2.03. The van der Waals surface area contributed by atoms with E-state index in [0.717, 1.165) is 10.6 Å². The van der Waals surface area contributed by atoms with Crippen molar-refractivity contribution in [3.8, 4) is 11.6 Å². The lowest BCUT2D eigenvalue weighted by molar-refractivity contribution is 0.448. The van der Waals surface area contributed by atoms with Crippen LogP contribution in [0.1, 0.15) is 0 Å². The zero-order valence-electron chi connectivity index (χ0n) is 7.98. The maximum Gasteiger partial charge on any atom is 0.262 e. The van der Waals surface area contributed by atoms with Crippen LogP contribution >= 0.6 is 12.2 Å². The number of aromatic amines is 1. The Morgan fingerprint density at radius 3 is 2.50 bits per heavy atom. The minimum atomic E-state index is -0.479. The van der Waals surface area contributed by atoms with Crippen molar-refractivity contribution in [3.05, 3.63) is 51.3 Å². The topological polar surface area (TPSA) is 58.0 Å². The van der Waals surface area contributed by atoms with Crippen LogP contribution in [0.3, 0.4) is 0 Å². The summed E-state index contributed by atoms with van der Waals surface area (Å²) in [7, 11) is 0. The molecule has 2 rings (SSSR count). The summed E-state index contributed by atoms with van der Waals surface area (Å²) < 4.78 is 13.9. The number of halogens is 1. The van der Waals surface area contributed by atoms with Crippen molar-refractivity contribution in [2.24, 2.45) is 0 Å². The predicted octanol–water partition coefficient (Wildman–Crippen LogP) is 1.74. The number of nitrogens with one attached hydrogen (secondary N) is 1. The van der Waals surface area contributed by atoms with Crippen LogP contribution in [0.25, 0.3) is 5.69 Å². The molecule has 0 bridgehead atoms. The van der Waals surface area contributed by atoms with Crippen LogP contribution in [0.2, 0.25) is 0 Å². The van der Waals surface area contributed by atoms with E-state index in [9.17, 15) is 9.18 Å². The van der Waals surface area contributed by atoms with Crippen LogP contribution in [0, 0.1) is 10.6 Å². The summed E-state index contributed by atoms with van der Waals surface area (Å²) in [5.74, 6) is -0.696. The second kappa shape index (κ2) is 3.90. The van der Waals surface area contributed by atoms with E-state index in [-0.39, 0.29) is 10.7 Å². The maximum absolute atomic E-state index is 12.7. The van der Waals surface area contributed by atoms with Gasteiger partial charge in [-0.2, -0.15) is 0 Å². The first kappa shape index (κ1) is 10.6. The number of nitrogens with zero attached hydrogens (tertiary/aromatic N) is 1. The van der Waals surface area contributed by atoms with Crippen LogP contribution in [0.4, 0.5) is 4.39 Å². The first-order chi connectivity index (χ1) is 7.58. The molecule has 0 aliphatic heterocycles. The largest absolute Gasteiger partial charge is 0.494 e. The third-order valence-electron chi connectivity index (χ3n) is 2.00. The molecular formula is C10H7FN2O2S. The molecule has 0 fully saturated rings. The molecule has 6 heteroatoms. The SMILES string of the molecule is O=c1cc(O)[nH]c(=S)n1-c1ccc(F)cc1. The third-order valence-corrected chi connectivity index (χ3v) is 2.29. The molecule has 1 aromatic carbocycles. The summed E-state index contributed by atoms with van der Waals surface area (Å²) in [4.78, 5) is 14.0. The highest BCUT2D eigenvalue weighted by molar-refractivity contribution is 7.71. The molecule has 1 heterocycles. The Kier molecular flexibility index (Phi) is 2.57. The van der Waals surface area contributed by atoms with Gasteiger partial charge in [0.2, 0.25) is 0 Å². The normalized spacial score (nSPS) is 10.3. The van der Waals surface area contributed by atoms with Gasteiger partial charge in [-0.3, -0.25) is 9.36 Å². The van der Waals surface area contributed by atoms with Gasteiger partial charge in [0.05, 0.1) is 11.8 Å². The molecule has 16 heavy (non-hydrogen) atoms. The zero-order chi connectivity index (χ0) is 11.7. The van der Waals surface area contributed by atoms with E-state index in [1.54, 1.807) is 0 Å². The summed E-state index contributed by atoms with van der Waals surface area (Å²) >= 11 is 4.90. The van der Waals surface area contributed by atoms with Crippen LogP contribution in [0.5, 0.6) is 5.88 Å². The highest BCUT2D eigenvalue weighted by atomic mass is 32.1. The molecule has 2 N–H and O–H groups in total. The molecule has 2 aromatic rings. The summed E-state index contributed by atoms with van der Waals surface area (Å²) in [5, 5.41) is 9.11. The first-order valence-corrected chi connectivity index (χ1v) is 4.80. The number of benzene rings is 1. The van der Waals surface area contributed by atoms with Gasteiger partial charge < -0.3 is 10.1 Å². The van der Waals surface area contributed by atoms with Crippen molar-refractivity contribution >= 4 is 12.2 Å². The lowest BCUT2D eigenvalue weighted by Crippen LogP contribution is -2.18. The molecule has 0 atom stereocenters. The van der Waals surface area contributed by atoms with Gasteiger partial charge in [0.25, 0.3) is 5.56 Å². The van der Waals surface area contributed by atoms with Crippen molar-refractivity contribution < 1.29 is 9.50 Å². The number of H-pyrrole nitrogens is 1. The predicted molar refractivity (Wildman–Crippen MR) is 58.8 cm³/mol. The fraction of sp³-hybridized carbons (Fsp3) is 0. The van der Waals surface area contributed by atoms with Gasteiger partial charge in [0.15, 0.2) is 10.7 Å². The Bertz CT molecular complexity index is 599. The Labute approximate surface area is 94.6 Å². The van der Waals surface area contributed by atoms with E-state index < -0.39 is 11.4 Å². The average Bonchev–Trinajstić information content (AvgIpc) is 2.19. The quantitative estimate of drug-likeness (QED) is 0.744. The van der Waals surface area contributed by atoms with E-state index in [2.05, 4.69) is 4.98 Å². The van der Waals surface area contributed by atoms with Crippen molar-refractivity contribution in [3.63, 3.8) is 0 Å². The summed E-state index contributed by atoms with van der Waals surface area (Å²) in [6, 6.07) is 6.31. The van der Waals surface area contributed by atoms with Crippen molar-refractivity contribution in [2.75, 3.05) is 0 Å². The van der Waals surface area contributed by atoms with Crippen LogP contribution in [-0.2, 0) is 0 Å². The highest BCUT2D eigenvalue weighted by Crippen LogP contribution is 2.08. The maximum atomic E-state index is 12.7. The van der Waals surface area contributed by atoms with Crippen molar-refractivity contribution in [1.82, 2.24) is 9.55 Å². The van der Waals surface area contributed by atoms with Gasteiger partial charge >= 0.3 is 0 Å². The molecule has 0 aliphatic carbocycles. The standard InChI is InChI=1S/C10H7FN2O2S/c11-6-1-3-7(4-2-6)13-9(15)5-8(14)12-10(13)16/h1-5,14H,(H,12,16). The van der Waals surface area contributed by atoms with Crippen LogP contribution < -0.4 is 5.56 Å². The fourth-order valence-electron chi connectivity index (χ4n) is 1.32. The number of hydrogen-bond donors (Lipinski definition) is 2. The Morgan fingerprint density at radius 1 is 1.31 bits per heavy atom. The molecule has 0 aliphatic rings. The lowest BCUT2D eigenvalue weighted by atomic mass is 10.3. The first-order valence-electron chi connectivity index (χ1n) is 4.39. The summed E-state index contributed by atoms with van der Waals surface area (Å²) in [6.07, 6.45) is 0. The molecule has 0 saturated heterocycles. The number of aromatic hydroxyl groups is 1. The van der Waals surface area contributed by atoms with E-state index in [1.165, 1.54) is 24.3 Å². The Morgan fingerprint density at radius 2 is 1.94 bits per heavy atom. The van der Waals surface area contributed by atoms with Crippen LogP contribution in [0.15, 0.2) is 35.1 Å². The molecule has 0 radical (unpaired) electrons. The molecule has 0 spiro atoms. The second-order valence-electron chi connectivity index (χ2n) is 3.11. The third kappa shape index (κ3) is 1.87. The summed E-state index contributed by atoms with van der Waals surface area (Å²) in [6.45, 7) is 0. The van der Waals surface area contributed by atoms with Gasteiger partial charge in [-0.1, -0.05) is 0 Å². The van der Waals surface area contributed by atoms with Gasteiger partial charge in [0, 0.05) is 0 Å². The van der Waals surface area contributed by atoms with Crippen molar-refractivity contribution in [2.45, 2.75) is 0 Å². The molecule has 1 aromatic heterocycles. The zero-order valence-corrected chi connectivity index (χ0v) is 8.79. The van der Waals surface area contributed by atoms with Gasteiger partial charge in [-0.15, -0.1) is 0 Å². The fourth-order valence-corrected chi connectivity index (χ4v) is 1.62. The Hall–Kier alpha value is -1.95. The van der Waals surface area contributed by atoms with Gasteiger partial charge in [-0.25, -0.2) is 4.39 Å². The minimum absolute atomic E-state index is 0.0524. The smallest absolute Gasteiger partial charge is 0.262 e. The van der Waals surface area contributed by atoms with E-state index >= 15 is 0 Å². The van der Waals surface area contributed by atoms with Crippen molar-refractivity contribution in [1.29, 1.82) is 0 Å². The lowest BCUT2D eigenvalue weighted by Gasteiger charge is -2.05. The molecule has 0 unspecified atom stereocenters. The minimum Gasteiger partial charge on any atom is -0.494 e. The van der Waals surface area contributed by atoms with E-state index in [1.807, 2.05) is 0 Å². The molecular weight excluding hydrogens is 231 g/mol. The number of rotatable bonds is 1. The molecule has 0 saturated carbocycles. The molecule has 82 valence electrons. The Balaban J connectivity index is 2.70. The molecule has 4 nitrogen and oxygen atoms in total. The van der Waals surface area contributed by atoms with Gasteiger partial charge in [0.1, 0.15) is 5.82 Å². The summed E-state index contributed by atoms with van der Waals surface area (Å²) in [5.41, 5.74) is -0.0412. The number of aromatic nitrogens is 2. The van der Waals surface area contributed by atoms with Crippen LogP contribution in [-0.4, -0.2) is 14.7 Å². The molecule has 0 amide bonds. The monoisotopic (exact) mass is 238 g/mol. The average molecular weight is 238 g/mol.